The number of esters is 1. The summed E-state index contributed by atoms with van der Waals surface area (Å²) in [6, 6.07) is 0. The molecule has 0 amide bonds. The molecule has 106 valence electrons. The van der Waals surface area contributed by atoms with Gasteiger partial charge in [0.1, 0.15) is 0 Å². The Morgan fingerprint density at radius 1 is 1.11 bits per heavy atom. The summed E-state index contributed by atoms with van der Waals surface area (Å²) in [4.78, 5) is 10.7. The van der Waals surface area contributed by atoms with Gasteiger partial charge in [-0.1, -0.05) is 0 Å². The molecule has 0 unspecified atom stereocenters. The van der Waals surface area contributed by atoms with Crippen LogP contribution >= 0.6 is 0 Å². The molecule has 0 aliphatic carbocycles. The van der Waals surface area contributed by atoms with E-state index in [1.165, 1.54) is 0 Å². The topological polar surface area (TPSA) is 35.5 Å². The van der Waals surface area contributed by atoms with E-state index < -0.39 is 43.1 Å². The van der Waals surface area contributed by atoms with E-state index in [2.05, 4.69) is 9.47 Å². The summed E-state index contributed by atoms with van der Waals surface area (Å²) >= 11 is 0. The number of rotatable bonds is 2. The first-order chi connectivity index (χ1) is 7.91. The smallest absolute Gasteiger partial charge is 0.414 e. The minimum absolute atomic E-state index is 1.62. The molecule has 0 saturated carbocycles. The van der Waals surface area contributed by atoms with Crippen molar-refractivity contribution < 1.29 is 49.4 Å². The van der Waals surface area contributed by atoms with Crippen molar-refractivity contribution in [2.24, 2.45) is 0 Å². The molecule has 3 nitrogen and oxygen atoms in total. The lowest BCUT2D eigenvalue weighted by molar-refractivity contribution is -0.439. The van der Waals surface area contributed by atoms with Crippen LogP contribution in [0.4, 0.5) is 35.1 Å². The highest BCUT2D eigenvalue weighted by Crippen LogP contribution is 2.50. The standard InChI is InChI=1S/C7H4F8O3/c8-3(9)1-2-4(16)18-5(17-2,6(10,11)12)7(13,14)15/h2-3H,1H2/t2-/m1/s1. The number of ether oxygens (including phenoxy) is 2. The monoisotopic (exact) mass is 288 g/mol. The molecule has 0 bridgehead atoms. The number of hydrogen-bond donors (Lipinski definition) is 0. The second-order valence-corrected chi connectivity index (χ2v) is 3.27. The number of hydrogen-bond acceptors (Lipinski definition) is 3. The van der Waals surface area contributed by atoms with Gasteiger partial charge in [-0.3, -0.25) is 0 Å². The fourth-order valence-corrected chi connectivity index (χ4v) is 1.20. The molecule has 1 aliphatic rings. The van der Waals surface area contributed by atoms with Crippen LogP contribution in [0.5, 0.6) is 0 Å². The molecule has 1 aliphatic heterocycles. The van der Waals surface area contributed by atoms with Gasteiger partial charge in [0.25, 0.3) is 0 Å². The molecule has 1 rings (SSSR count). The highest BCUT2D eigenvalue weighted by atomic mass is 19.4. The molecule has 0 aromatic rings. The van der Waals surface area contributed by atoms with Gasteiger partial charge in [-0.05, 0) is 0 Å². The van der Waals surface area contributed by atoms with Crippen molar-refractivity contribution in [1.29, 1.82) is 0 Å². The Morgan fingerprint density at radius 3 is 1.83 bits per heavy atom. The SMILES string of the molecule is O=C1OC(C(F)(F)F)(C(F)(F)F)O[C@@H]1CC(F)F. The van der Waals surface area contributed by atoms with E-state index in [0.717, 1.165) is 0 Å². The normalized spacial score (nSPS) is 24.5. The lowest BCUT2D eigenvalue weighted by atomic mass is 10.2. The molecule has 0 radical (unpaired) electrons. The predicted molar refractivity (Wildman–Crippen MR) is 36.4 cm³/mol. The molecule has 0 spiro atoms. The van der Waals surface area contributed by atoms with Crippen molar-refractivity contribution in [2.45, 2.75) is 37.1 Å². The molecular formula is C7H4F8O3. The molecule has 11 heteroatoms. The third-order valence-electron chi connectivity index (χ3n) is 1.95. The maximum absolute atomic E-state index is 12.3. The predicted octanol–water partition coefficient (Wildman–Crippen LogP) is 2.40. The zero-order valence-electron chi connectivity index (χ0n) is 8.11. The van der Waals surface area contributed by atoms with Gasteiger partial charge in [-0.25, -0.2) is 13.6 Å². The summed E-state index contributed by atoms with van der Waals surface area (Å²) in [6.45, 7) is 0. The Balaban J connectivity index is 3.08. The molecule has 1 saturated heterocycles. The lowest BCUT2D eigenvalue weighted by Gasteiger charge is -2.30. The minimum atomic E-state index is -6.13. The van der Waals surface area contributed by atoms with E-state index in [1.807, 2.05) is 0 Å². The Bertz CT molecular complexity index is 319. The van der Waals surface area contributed by atoms with Gasteiger partial charge in [-0.15, -0.1) is 0 Å². The summed E-state index contributed by atoms with van der Waals surface area (Å²) in [5.74, 6) is -7.32. The fourth-order valence-electron chi connectivity index (χ4n) is 1.20. The van der Waals surface area contributed by atoms with Gasteiger partial charge in [-0.2, -0.15) is 26.3 Å². The van der Waals surface area contributed by atoms with Gasteiger partial charge in [0, 0.05) is 6.42 Å². The zero-order valence-corrected chi connectivity index (χ0v) is 8.11. The van der Waals surface area contributed by atoms with Gasteiger partial charge in [0.05, 0.1) is 0 Å². The van der Waals surface area contributed by atoms with Crippen molar-refractivity contribution in [2.75, 3.05) is 0 Å². The molecule has 1 fully saturated rings. The van der Waals surface area contributed by atoms with E-state index in [-0.39, 0.29) is 0 Å². The second-order valence-electron chi connectivity index (χ2n) is 3.27. The molecule has 0 N–H and O–H groups in total. The number of halogens is 8. The zero-order chi connectivity index (χ0) is 14.4. The van der Waals surface area contributed by atoms with Crippen LogP contribution in [-0.4, -0.2) is 36.6 Å². The average molecular weight is 288 g/mol. The van der Waals surface area contributed by atoms with Crippen LogP contribution in [0.15, 0.2) is 0 Å². The van der Waals surface area contributed by atoms with Crippen LogP contribution in [0.1, 0.15) is 6.42 Å². The first-order valence-corrected chi connectivity index (χ1v) is 4.23. The van der Waals surface area contributed by atoms with Crippen LogP contribution in [0.2, 0.25) is 0 Å². The molecule has 0 aromatic heterocycles. The number of carbonyl (C=O) groups is 1. The van der Waals surface area contributed by atoms with Crippen molar-refractivity contribution in [3.8, 4) is 0 Å². The quantitative estimate of drug-likeness (QED) is 0.578. The van der Waals surface area contributed by atoms with Crippen LogP contribution in [0, 0.1) is 0 Å². The third-order valence-corrected chi connectivity index (χ3v) is 1.95. The van der Waals surface area contributed by atoms with Crippen LogP contribution in [0.3, 0.4) is 0 Å². The Hall–Kier alpha value is -1.13. The first-order valence-electron chi connectivity index (χ1n) is 4.23. The van der Waals surface area contributed by atoms with E-state index in [0.29, 0.717) is 0 Å². The summed E-state index contributed by atoms with van der Waals surface area (Å²) in [5.41, 5.74) is 0. The van der Waals surface area contributed by atoms with Crippen LogP contribution in [0.25, 0.3) is 0 Å². The molecule has 0 aromatic carbocycles. The number of carbonyl (C=O) groups excluding carboxylic acids is 1. The van der Waals surface area contributed by atoms with Crippen molar-refractivity contribution >= 4 is 5.97 Å². The third kappa shape index (κ3) is 2.35. The Morgan fingerprint density at radius 2 is 1.56 bits per heavy atom. The first kappa shape index (κ1) is 14.9. The summed E-state index contributed by atoms with van der Waals surface area (Å²) in [5, 5.41) is 0. The highest BCUT2D eigenvalue weighted by molar-refractivity contribution is 5.77. The molecular weight excluding hydrogens is 284 g/mol. The van der Waals surface area contributed by atoms with Crippen molar-refractivity contribution in [1.82, 2.24) is 0 Å². The van der Waals surface area contributed by atoms with Gasteiger partial charge in [0.15, 0.2) is 6.10 Å². The van der Waals surface area contributed by atoms with E-state index in [1.54, 1.807) is 0 Å². The van der Waals surface area contributed by atoms with E-state index >= 15 is 0 Å². The van der Waals surface area contributed by atoms with Crippen LogP contribution in [-0.2, 0) is 14.3 Å². The van der Waals surface area contributed by atoms with Crippen molar-refractivity contribution in [3.05, 3.63) is 0 Å². The summed E-state index contributed by atoms with van der Waals surface area (Å²) in [7, 11) is 0. The molecule has 1 heterocycles. The van der Waals surface area contributed by atoms with Gasteiger partial charge in [0.2, 0.25) is 6.43 Å². The van der Waals surface area contributed by atoms with Gasteiger partial charge >= 0.3 is 24.1 Å². The summed E-state index contributed by atoms with van der Waals surface area (Å²) < 4.78 is 104. The fraction of sp³-hybridized carbons (Fsp3) is 0.857. The maximum Gasteiger partial charge on any atom is 0.465 e. The lowest BCUT2D eigenvalue weighted by Crippen LogP contribution is -2.58. The van der Waals surface area contributed by atoms with Crippen LogP contribution < -0.4 is 0 Å². The second kappa shape index (κ2) is 4.21. The highest BCUT2D eigenvalue weighted by Gasteiger charge is 2.80. The summed E-state index contributed by atoms with van der Waals surface area (Å²) in [6.07, 6.45) is -19.8. The average Bonchev–Trinajstić information content (AvgIpc) is 2.41. The maximum atomic E-state index is 12.3. The van der Waals surface area contributed by atoms with Crippen molar-refractivity contribution in [3.63, 3.8) is 0 Å². The minimum Gasteiger partial charge on any atom is -0.414 e. The largest absolute Gasteiger partial charge is 0.465 e. The number of cyclic esters (lactones) is 1. The molecule has 18 heavy (non-hydrogen) atoms. The molecule has 1 atom stereocenters. The van der Waals surface area contributed by atoms with E-state index in [4.69, 9.17) is 0 Å². The van der Waals surface area contributed by atoms with E-state index in [9.17, 15) is 39.9 Å². The Kier molecular flexibility index (Phi) is 3.49. The van der Waals surface area contributed by atoms with Gasteiger partial charge < -0.3 is 9.47 Å². The number of alkyl halides is 8. The Labute approximate surface area is 93.6 Å².